The van der Waals surface area contributed by atoms with E-state index < -0.39 is 0 Å². The Morgan fingerprint density at radius 3 is 2.47 bits per heavy atom. The van der Waals surface area contributed by atoms with Gasteiger partial charge < -0.3 is 9.47 Å². The normalized spacial score (nSPS) is 10.0. The zero-order chi connectivity index (χ0) is 11.1. The van der Waals surface area contributed by atoms with Gasteiger partial charge in [-0.05, 0) is 30.7 Å². The van der Waals surface area contributed by atoms with Crippen LogP contribution in [0.1, 0.15) is 23.7 Å². The summed E-state index contributed by atoms with van der Waals surface area (Å²) >= 11 is 0. The molecule has 0 bridgehead atoms. The molecule has 1 rings (SSSR count). The van der Waals surface area contributed by atoms with E-state index >= 15 is 0 Å². The molecule has 1 aromatic rings. The van der Waals surface area contributed by atoms with Gasteiger partial charge in [-0.2, -0.15) is 0 Å². The Morgan fingerprint density at radius 2 is 1.93 bits per heavy atom. The van der Waals surface area contributed by atoms with Crippen molar-refractivity contribution in [3.05, 3.63) is 29.8 Å². The van der Waals surface area contributed by atoms with E-state index in [2.05, 4.69) is 6.92 Å². The van der Waals surface area contributed by atoms with Crippen LogP contribution in [0.25, 0.3) is 0 Å². The highest BCUT2D eigenvalue weighted by Crippen LogP contribution is 2.12. The minimum absolute atomic E-state index is 0.0143. The first-order valence-corrected chi connectivity index (χ1v) is 5.03. The number of hydrogen-bond acceptors (Lipinski definition) is 3. The number of carbonyl (C=O) groups excluding carboxylic acids is 1. The van der Waals surface area contributed by atoms with Gasteiger partial charge in [-0.3, -0.25) is 4.79 Å². The van der Waals surface area contributed by atoms with Crippen LogP contribution >= 0.6 is 0 Å². The SMILES string of the molecule is CCCOc1ccc(C(=O)COC)cc1. The zero-order valence-corrected chi connectivity index (χ0v) is 9.16. The third-order valence-corrected chi connectivity index (χ3v) is 1.92. The second-order valence-corrected chi connectivity index (χ2v) is 3.23. The molecular formula is C12H16O3. The first-order chi connectivity index (χ1) is 7.27. The Morgan fingerprint density at radius 1 is 1.27 bits per heavy atom. The lowest BCUT2D eigenvalue weighted by Gasteiger charge is -2.05. The number of Topliss-reactive ketones (excluding diaryl/α,β-unsaturated/α-hetero) is 1. The van der Waals surface area contributed by atoms with Gasteiger partial charge in [-0.25, -0.2) is 0 Å². The number of methoxy groups -OCH3 is 1. The number of rotatable bonds is 6. The van der Waals surface area contributed by atoms with Crippen molar-refractivity contribution in [3.63, 3.8) is 0 Å². The number of ether oxygens (including phenoxy) is 2. The van der Waals surface area contributed by atoms with Crippen LogP contribution in [-0.4, -0.2) is 26.1 Å². The van der Waals surface area contributed by atoms with Gasteiger partial charge in [0, 0.05) is 12.7 Å². The molecule has 82 valence electrons. The van der Waals surface area contributed by atoms with Crippen LogP contribution < -0.4 is 4.74 Å². The molecule has 3 nitrogen and oxygen atoms in total. The predicted octanol–water partition coefficient (Wildman–Crippen LogP) is 2.30. The van der Waals surface area contributed by atoms with Gasteiger partial charge in [0.25, 0.3) is 0 Å². The molecule has 0 aromatic heterocycles. The molecule has 1 aromatic carbocycles. The molecule has 0 N–H and O–H groups in total. The average Bonchev–Trinajstić information content (AvgIpc) is 2.27. The van der Waals surface area contributed by atoms with E-state index in [0.29, 0.717) is 12.2 Å². The van der Waals surface area contributed by atoms with Gasteiger partial charge >= 0.3 is 0 Å². The molecule has 0 saturated carbocycles. The molecule has 0 radical (unpaired) electrons. The minimum atomic E-state index is -0.0143. The summed E-state index contributed by atoms with van der Waals surface area (Å²) in [6, 6.07) is 7.12. The van der Waals surface area contributed by atoms with E-state index in [-0.39, 0.29) is 12.4 Å². The highest BCUT2D eigenvalue weighted by Gasteiger charge is 2.04. The van der Waals surface area contributed by atoms with Gasteiger partial charge in [0.2, 0.25) is 0 Å². The van der Waals surface area contributed by atoms with Crippen LogP contribution in [0.3, 0.4) is 0 Å². The summed E-state index contributed by atoms with van der Waals surface area (Å²) < 4.78 is 10.2. The van der Waals surface area contributed by atoms with Crippen LogP contribution in [0, 0.1) is 0 Å². The summed E-state index contributed by atoms with van der Waals surface area (Å²) in [7, 11) is 1.51. The Hall–Kier alpha value is -1.35. The lowest BCUT2D eigenvalue weighted by molar-refractivity contribution is 0.0848. The number of carbonyl (C=O) groups is 1. The fourth-order valence-corrected chi connectivity index (χ4v) is 1.17. The fourth-order valence-electron chi connectivity index (χ4n) is 1.17. The van der Waals surface area contributed by atoms with Crippen molar-refractivity contribution in [2.45, 2.75) is 13.3 Å². The molecule has 15 heavy (non-hydrogen) atoms. The largest absolute Gasteiger partial charge is 0.494 e. The molecule has 3 heteroatoms. The quantitative estimate of drug-likeness (QED) is 0.673. The molecule has 0 aliphatic carbocycles. The van der Waals surface area contributed by atoms with Crippen LogP contribution in [0.5, 0.6) is 5.75 Å². The maximum atomic E-state index is 11.4. The Labute approximate surface area is 90.0 Å². The summed E-state index contributed by atoms with van der Waals surface area (Å²) in [6.07, 6.45) is 0.977. The summed E-state index contributed by atoms with van der Waals surface area (Å²) in [5.41, 5.74) is 0.653. The highest BCUT2D eigenvalue weighted by molar-refractivity contribution is 5.97. The van der Waals surface area contributed by atoms with Crippen LogP contribution in [0.4, 0.5) is 0 Å². The molecule has 0 saturated heterocycles. The van der Waals surface area contributed by atoms with Gasteiger partial charge in [-0.15, -0.1) is 0 Å². The van der Waals surface area contributed by atoms with Crippen molar-refractivity contribution in [2.24, 2.45) is 0 Å². The summed E-state index contributed by atoms with van der Waals surface area (Å²) in [6.45, 7) is 2.87. The molecule has 0 aliphatic rings. The van der Waals surface area contributed by atoms with Crippen molar-refractivity contribution >= 4 is 5.78 Å². The van der Waals surface area contributed by atoms with Crippen molar-refractivity contribution in [2.75, 3.05) is 20.3 Å². The van der Waals surface area contributed by atoms with E-state index in [1.54, 1.807) is 24.3 Å². The molecule has 0 atom stereocenters. The molecule has 0 unspecified atom stereocenters. The van der Waals surface area contributed by atoms with Crippen molar-refractivity contribution < 1.29 is 14.3 Å². The van der Waals surface area contributed by atoms with Crippen molar-refractivity contribution in [3.8, 4) is 5.75 Å². The molecule has 0 heterocycles. The van der Waals surface area contributed by atoms with E-state index in [9.17, 15) is 4.79 Å². The van der Waals surface area contributed by atoms with Gasteiger partial charge in [0.05, 0.1) is 6.61 Å². The maximum absolute atomic E-state index is 11.4. The van der Waals surface area contributed by atoms with E-state index in [1.165, 1.54) is 7.11 Å². The van der Waals surface area contributed by atoms with E-state index in [4.69, 9.17) is 9.47 Å². The van der Waals surface area contributed by atoms with E-state index in [1.807, 2.05) is 0 Å². The maximum Gasteiger partial charge on any atom is 0.188 e. The van der Waals surface area contributed by atoms with Crippen LogP contribution in [0.15, 0.2) is 24.3 Å². The number of ketones is 1. The minimum Gasteiger partial charge on any atom is -0.494 e. The third-order valence-electron chi connectivity index (χ3n) is 1.92. The number of hydrogen-bond donors (Lipinski definition) is 0. The van der Waals surface area contributed by atoms with Crippen molar-refractivity contribution in [1.29, 1.82) is 0 Å². The lowest BCUT2D eigenvalue weighted by atomic mass is 10.1. The van der Waals surface area contributed by atoms with Crippen LogP contribution in [0.2, 0.25) is 0 Å². The summed E-state index contributed by atoms with van der Waals surface area (Å²) in [5.74, 6) is 0.783. The summed E-state index contributed by atoms with van der Waals surface area (Å²) in [5, 5.41) is 0. The lowest BCUT2D eigenvalue weighted by Crippen LogP contribution is -2.06. The molecular weight excluding hydrogens is 192 g/mol. The third kappa shape index (κ3) is 3.72. The number of benzene rings is 1. The molecule has 0 amide bonds. The summed E-state index contributed by atoms with van der Waals surface area (Å²) in [4.78, 5) is 11.4. The fraction of sp³-hybridized carbons (Fsp3) is 0.417. The highest BCUT2D eigenvalue weighted by atomic mass is 16.5. The standard InChI is InChI=1S/C12H16O3/c1-3-8-15-11-6-4-10(5-7-11)12(13)9-14-2/h4-7H,3,8-9H2,1-2H3. The second-order valence-electron chi connectivity index (χ2n) is 3.23. The second kappa shape index (κ2) is 6.19. The van der Waals surface area contributed by atoms with Gasteiger partial charge in [0.15, 0.2) is 5.78 Å². The molecule has 0 aliphatic heterocycles. The van der Waals surface area contributed by atoms with E-state index in [0.717, 1.165) is 12.2 Å². The van der Waals surface area contributed by atoms with Gasteiger partial charge in [-0.1, -0.05) is 6.92 Å². The first kappa shape index (κ1) is 11.7. The smallest absolute Gasteiger partial charge is 0.188 e. The monoisotopic (exact) mass is 208 g/mol. The molecule has 0 fully saturated rings. The Balaban J connectivity index is 2.59. The predicted molar refractivity (Wildman–Crippen MR) is 58.4 cm³/mol. The average molecular weight is 208 g/mol. The zero-order valence-electron chi connectivity index (χ0n) is 9.16. The first-order valence-electron chi connectivity index (χ1n) is 5.03. The Kier molecular flexibility index (Phi) is 4.84. The van der Waals surface area contributed by atoms with Crippen LogP contribution in [-0.2, 0) is 4.74 Å². The Bertz CT molecular complexity index is 303. The topological polar surface area (TPSA) is 35.5 Å². The van der Waals surface area contributed by atoms with Crippen molar-refractivity contribution in [1.82, 2.24) is 0 Å². The van der Waals surface area contributed by atoms with Gasteiger partial charge in [0.1, 0.15) is 12.4 Å². The molecule has 0 spiro atoms.